The lowest BCUT2D eigenvalue weighted by atomic mass is 10.1. The Morgan fingerprint density at radius 3 is 2.52 bits per heavy atom. The van der Waals surface area contributed by atoms with Gasteiger partial charge in [0, 0.05) is 45.7 Å². The van der Waals surface area contributed by atoms with E-state index in [4.69, 9.17) is 11.2 Å². The van der Waals surface area contributed by atoms with Crippen LogP contribution in [0.4, 0.5) is 0 Å². The van der Waals surface area contributed by atoms with Crippen molar-refractivity contribution in [3.63, 3.8) is 0 Å². The number of hydrogen-bond donors (Lipinski definition) is 1. The first-order valence-corrected chi connectivity index (χ1v) is 10.6. The van der Waals surface area contributed by atoms with Crippen LogP contribution < -0.4 is 10.1 Å². The van der Waals surface area contributed by atoms with Gasteiger partial charge in [-0.2, -0.15) is 0 Å². The SMILES string of the molecule is C#CCNC(=O)[C@H](C)N1CCN(C(=O)[C@@H]2CC(=O)N(Cc3ccc(OC)cc3)C2)CC1. The first-order valence-electron chi connectivity index (χ1n) is 10.6. The van der Waals surface area contributed by atoms with Gasteiger partial charge in [0.05, 0.1) is 25.6 Å². The fraction of sp³-hybridized carbons (Fsp3) is 0.522. The maximum Gasteiger partial charge on any atom is 0.237 e. The van der Waals surface area contributed by atoms with E-state index in [0.29, 0.717) is 39.3 Å². The number of rotatable bonds is 7. The van der Waals surface area contributed by atoms with Gasteiger partial charge in [-0.05, 0) is 24.6 Å². The maximum atomic E-state index is 13.0. The number of terminal acetylenes is 1. The Kier molecular flexibility index (Phi) is 7.53. The fourth-order valence-electron chi connectivity index (χ4n) is 4.08. The summed E-state index contributed by atoms with van der Waals surface area (Å²) in [7, 11) is 1.61. The zero-order valence-electron chi connectivity index (χ0n) is 18.2. The number of hydrogen-bond acceptors (Lipinski definition) is 5. The van der Waals surface area contributed by atoms with Crippen molar-refractivity contribution < 1.29 is 19.1 Å². The molecule has 2 atom stereocenters. The van der Waals surface area contributed by atoms with E-state index < -0.39 is 0 Å². The van der Waals surface area contributed by atoms with Crippen LogP contribution in [0.2, 0.25) is 0 Å². The third-order valence-corrected chi connectivity index (χ3v) is 6.01. The number of likely N-dealkylation sites (tertiary alicyclic amines) is 1. The van der Waals surface area contributed by atoms with Crippen molar-refractivity contribution in [2.24, 2.45) is 5.92 Å². The quantitative estimate of drug-likeness (QED) is 0.636. The van der Waals surface area contributed by atoms with Crippen molar-refractivity contribution in [3.8, 4) is 18.1 Å². The molecule has 2 saturated heterocycles. The van der Waals surface area contributed by atoms with Crippen LogP contribution in [-0.2, 0) is 20.9 Å². The zero-order valence-corrected chi connectivity index (χ0v) is 18.2. The molecule has 2 aliphatic heterocycles. The van der Waals surface area contributed by atoms with Crippen LogP contribution in [0.25, 0.3) is 0 Å². The standard InChI is InChI=1S/C23H30N4O4/c1-4-9-24-22(29)17(2)25-10-12-26(13-11-25)23(30)19-14-21(28)27(16-19)15-18-5-7-20(31-3)8-6-18/h1,5-8,17,19H,9-16H2,2-3H3,(H,24,29)/t17-,19+/m0/s1. The first-order chi connectivity index (χ1) is 14.9. The molecule has 166 valence electrons. The third kappa shape index (κ3) is 5.56. The van der Waals surface area contributed by atoms with E-state index in [1.807, 2.05) is 41.0 Å². The van der Waals surface area contributed by atoms with E-state index in [9.17, 15) is 14.4 Å². The van der Waals surface area contributed by atoms with Crippen LogP contribution in [0.5, 0.6) is 5.75 Å². The predicted octanol–water partition coefficient (Wildman–Crippen LogP) is 0.326. The average molecular weight is 427 g/mol. The molecule has 2 aliphatic rings. The Bertz CT molecular complexity index is 840. The van der Waals surface area contributed by atoms with Crippen LogP contribution >= 0.6 is 0 Å². The van der Waals surface area contributed by atoms with Crippen molar-refractivity contribution in [1.82, 2.24) is 20.0 Å². The molecule has 8 heteroatoms. The number of piperazine rings is 1. The molecule has 0 aliphatic carbocycles. The Morgan fingerprint density at radius 1 is 1.23 bits per heavy atom. The summed E-state index contributed by atoms with van der Waals surface area (Å²) < 4.78 is 5.16. The van der Waals surface area contributed by atoms with Crippen LogP contribution in [0.3, 0.4) is 0 Å². The molecule has 2 heterocycles. The van der Waals surface area contributed by atoms with E-state index in [-0.39, 0.29) is 42.6 Å². The minimum Gasteiger partial charge on any atom is -0.497 e. The van der Waals surface area contributed by atoms with Crippen LogP contribution in [0, 0.1) is 18.3 Å². The van der Waals surface area contributed by atoms with Crippen molar-refractivity contribution in [2.45, 2.75) is 25.9 Å². The van der Waals surface area contributed by atoms with Gasteiger partial charge in [-0.3, -0.25) is 19.3 Å². The van der Waals surface area contributed by atoms with Crippen molar-refractivity contribution >= 4 is 17.7 Å². The molecule has 2 fully saturated rings. The maximum absolute atomic E-state index is 13.0. The minimum atomic E-state index is -0.311. The van der Waals surface area contributed by atoms with Gasteiger partial charge < -0.3 is 19.9 Å². The molecule has 0 aromatic heterocycles. The summed E-state index contributed by atoms with van der Waals surface area (Å²) in [4.78, 5) is 43.2. The Labute approximate surface area is 183 Å². The van der Waals surface area contributed by atoms with E-state index in [0.717, 1.165) is 11.3 Å². The summed E-state index contributed by atoms with van der Waals surface area (Å²) in [6, 6.07) is 7.30. The molecule has 0 unspecified atom stereocenters. The molecule has 0 saturated carbocycles. The summed E-state index contributed by atoms with van der Waals surface area (Å²) in [5, 5.41) is 2.70. The monoisotopic (exact) mass is 426 g/mol. The predicted molar refractivity (Wildman–Crippen MR) is 116 cm³/mol. The van der Waals surface area contributed by atoms with Crippen LogP contribution in [0.15, 0.2) is 24.3 Å². The summed E-state index contributed by atoms with van der Waals surface area (Å²) in [5.41, 5.74) is 1.01. The molecule has 1 aromatic carbocycles. The topological polar surface area (TPSA) is 82.2 Å². The van der Waals surface area contributed by atoms with Gasteiger partial charge in [-0.25, -0.2) is 0 Å². The van der Waals surface area contributed by atoms with E-state index >= 15 is 0 Å². The highest BCUT2D eigenvalue weighted by atomic mass is 16.5. The molecule has 31 heavy (non-hydrogen) atoms. The lowest BCUT2D eigenvalue weighted by Crippen LogP contribution is -2.55. The molecular weight excluding hydrogens is 396 g/mol. The summed E-state index contributed by atoms with van der Waals surface area (Å²) >= 11 is 0. The number of nitrogens with one attached hydrogen (secondary N) is 1. The molecule has 0 radical (unpaired) electrons. The molecule has 3 amide bonds. The molecule has 1 N–H and O–H groups in total. The number of nitrogens with zero attached hydrogens (tertiary/aromatic N) is 3. The summed E-state index contributed by atoms with van der Waals surface area (Å²) in [6.07, 6.45) is 5.44. The lowest BCUT2D eigenvalue weighted by molar-refractivity contribution is -0.138. The smallest absolute Gasteiger partial charge is 0.237 e. The molecule has 1 aromatic rings. The second kappa shape index (κ2) is 10.3. The highest BCUT2D eigenvalue weighted by molar-refractivity contribution is 5.89. The molecular formula is C23H30N4O4. The summed E-state index contributed by atoms with van der Waals surface area (Å²) in [6.45, 7) is 5.32. The molecule has 8 nitrogen and oxygen atoms in total. The van der Waals surface area contributed by atoms with Crippen molar-refractivity contribution in [1.29, 1.82) is 0 Å². The number of ether oxygens (including phenoxy) is 1. The minimum absolute atomic E-state index is 0.00612. The van der Waals surface area contributed by atoms with Gasteiger partial charge in [0.25, 0.3) is 0 Å². The Morgan fingerprint density at radius 2 is 1.90 bits per heavy atom. The highest BCUT2D eigenvalue weighted by Gasteiger charge is 2.37. The number of carbonyl (C=O) groups excluding carboxylic acids is 3. The normalized spacial score (nSPS) is 20.3. The second-order valence-corrected chi connectivity index (χ2v) is 7.98. The van der Waals surface area contributed by atoms with E-state index in [1.54, 1.807) is 12.0 Å². The van der Waals surface area contributed by atoms with E-state index in [1.165, 1.54) is 0 Å². The second-order valence-electron chi connectivity index (χ2n) is 7.98. The number of carbonyl (C=O) groups is 3. The lowest BCUT2D eigenvalue weighted by Gasteiger charge is -2.38. The Balaban J connectivity index is 1.49. The number of benzene rings is 1. The molecule has 0 bridgehead atoms. The first kappa shape index (κ1) is 22.6. The van der Waals surface area contributed by atoms with Crippen molar-refractivity contribution in [2.75, 3.05) is 46.4 Å². The number of amides is 3. The van der Waals surface area contributed by atoms with Gasteiger partial charge in [0.15, 0.2) is 0 Å². The zero-order chi connectivity index (χ0) is 22.4. The third-order valence-electron chi connectivity index (χ3n) is 6.01. The fourth-order valence-corrected chi connectivity index (χ4v) is 4.08. The van der Waals surface area contributed by atoms with Gasteiger partial charge in [0.2, 0.25) is 17.7 Å². The Hall–Kier alpha value is -3.05. The van der Waals surface area contributed by atoms with Gasteiger partial charge in [-0.15, -0.1) is 6.42 Å². The van der Waals surface area contributed by atoms with Crippen LogP contribution in [0.1, 0.15) is 18.9 Å². The number of methoxy groups -OCH3 is 1. The van der Waals surface area contributed by atoms with Crippen molar-refractivity contribution in [3.05, 3.63) is 29.8 Å². The molecule has 3 rings (SSSR count). The highest BCUT2D eigenvalue weighted by Crippen LogP contribution is 2.24. The summed E-state index contributed by atoms with van der Waals surface area (Å²) in [5.74, 6) is 2.78. The van der Waals surface area contributed by atoms with Gasteiger partial charge in [-0.1, -0.05) is 18.1 Å². The van der Waals surface area contributed by atoms with E-state index in [2.05, 4.69) is 11.2 Å². The van der Waals surface area contributed by atoms with Crippen LogP contribution in [-0.4, -0.2) is 84.8 Å². The van der Waals surface area contributed by atoms with Gasteiger partial charge >= 0.3 is 0 Å². The average Bonchev–Trinajstić information content (AvgIpc) is 3.17. The molecule has 0 spiro atoms. The largest absolute Gasteiger partial charge is 0.497 e. The van der Waals surface area contributed by atoms with Gasteiger partial charge in [0.1, 0.15) is 5.75 Å².